The molecule has 1 unspecified atom stereocenters. The number of benzene rings is 1. The molecule has 2 fully saturated rings. The van der Waals surface area contributed by atoms with Gasteiger partial charge < -0.3 is 15.5 Å². The van der Waals surface area contributed by atoms with E-state index in [0.717, 1.165) is 43.9 Å². The third-order valence-corrected chi connectivity index (χ3v) is 6.12. The van der Waals surface area contributed by atoms with Gasteiger partial charge in [-0.3, -0.25) is 9.79 Å². The predicted molar refractivity (Wildman–Crippen MR) is 122 cm³/mol. The Kier molecular flexibility index (Phi) is 8.41. The van der Waals surface area contributed by atoms with E-state index < -0.39 is 11.7 Å². The summed E-state index contributed by atoms with van der Waals surface area (Å²) in [5.74, 6) is 0.772. The maximum Gasteiger partial charge on any atom is 0.416 e. The number of likely N-dealkylation sites (tertiary alicyclic amines) is 1. The molecule has 1 saturated carbocycles. The van der Waals surface area contributed by atoms with Crippen LogP contribution in [-0.2, 0) is 16.4 Å². The van der Waals surface area contributed by atoms with Gasteiger partial charge in [-0.05, 0) is 30.9 Å². The van der Waals surface area contributed by atoms with Crippen molar-refractivity contribution >= 4 is 35.8 Å². The third kappa shape index (κ3) is 5.59. The number of rotatable bonds is 5. The average Bonchev–Trinajstić information content (AvgIpc) is 3.13. The number of guanidine groups is 1. The van der Waals surface area contributed by atoms with Crippen LogP contribution in [0.5, 0.6) is 0 Å². The smallest absolute Gasteiger partial charge is 0.356 e. The van der Waals surface area contributed by atoms with Crippen LogP contribution in [0.1, 0.15) is 50.2 Å². The van der Waals surface area contributed by atoms with E-state index in [1.54, 1.807) is 13.1 Å². The number of hydrogen-bond donors (Lipinski definition) is 2. The Bertz CT molecular complexity index is 765. The molecule has 2 N–H and O–H groups in total. The van der Waals surface area contributed by atoms with Crippen molar-refractivity contribution in [2.24, 2.45) is 4.99 Å². The van der Waals surface area contributed by atoms with Crippen molar-refractivity contribution in [2.75, 3.05) is 26.7 Å². The van der Waals surface area contributed by atoms with E-state index >= 15 is 0 Å². The predicted octanol–water partition coefficient (Wildman–Crippen LogP) is 3.92. The van der Waals surface area contributed by atoms with Gasteiger partial charge in [-0.25, -0.2) is 0 Å². The van der Waals surface area contributed by atoms with Crippen LogP contribution in [0.4, 0.5) is 13.2 Å². The molecule has 2 aliphatic rings. The molecule has 30 heavy (non-hydrogen) atoms. The number of alkyl halides is 3. The second-order valence-corrected chi connectivity index (χ2v) is 7.96. The van der Waals surface area contributed by atoms with E-state index in [-0.39, 0.29) is 41.3 Å². The highest BCUT2D eigenvalue weighted by molar-refractivity contribution is 14.0. The van der Waals surface area contributed by atoms with E-state index in [4.69, 9.17) is 0 Å². The molecule has 0 spiro atoms. The third-order valence-electron chi connectivity index (χ3n) is 6.12. The van der Waals surface area contributed by atoms with Crippen molar-refractivity contribution in [3.63, 3.8) is 0 Å². The Morgan fingerprint density at radius 1 is 1.33 bits per heavy atom. The highest BCUT2D eigenvalue weighted by Gasteiger charge is 2.40. The van der Waals surface area contributed by atoms with Crippen LogP contribution in [0.3, 0.4) is 0 Å². The molecule has 0 aromatic heterocycles. The Morgan fingerprint density at radius 3 is 2.63 bits per heavy atom. The summed E-state index contributed by atoms with van der Waals surface area (Å²) in [6.07, 6.45) is -0.289. The zero-order valence-corrected chi connectivity index (χ0v) is 19.7. The first-order valence-corrected chi connectivity index (χ1v) is 10.2. The van der Waals surface area contributed by atoms with E-state index in [1.165, 1.54) is 12.1 Å². The molecule has 168 valence electrons. The average molecular weight is 538 g/mol. The van der Waals surface area contributed by atoms with Crippen LogP contribution in [0.2, 0.25) is 0 Å². The molecule has 5 nitrogen and oxygen atoms in total. The fourth-order valence-corrected chi connectivity index (χ4v) is 4.17. The molecule has 1 aromatic rings. The van der Waals surface area contributed by atoms with Gasteiger partial charge >= 0.3 is 6.18 Å². The first-order chi connectivity index (χ1) is 13.8. The lowest BCUT2D eigenvalue weighted by Gasteiger charge is -2.43. The largest absolute Gasteiger partial charge is 0.416 e. The van der Waals surface area contributed by atoms with Gasteiger partial charge in [0, 0.05) is 44.6 Å². The van der Waals surface area contributed by atoms with Gasteiger partial charge in [-0.2, -0.15) is 13.2 Å². The summed E-state index contributed by atoms with van der Waals surface area (Å²) in [5.41, 5.74) is -0.184. The lowest BCUT2D eigenvalue weighted by atomic mass is 9.64. The fourth-order valence-electron chi connectivity index (χ4n) is 4.17. The normalized spacial score (nSPS) is 20.9. The van der Waals surface area contributed by atoms with E-state index in [9.17, 15) is 18.0 Å². The first kappa shape index (κ1) is 24.7. The standard InChI is InChI=1S/C21H29F3N4O.HI/c1-3-18(29)28-11-8-17(13-28)27-19(25-2)26-14-20(9-5-10-20)15-6-4-7-16(12-15)21(22,23)24;/h4,6-7,12,17H,3,5,8-11,13-14H2,1-2H3,(H2,25,26,27);1H. The van der Waals surface area contributed by atoms with Crippen LogP contribution in [-0.4, -0.2) is 49.5 Å². The van der Waals surface area contributed by atoms with Gasteiger partial charge in [0.1, 0.15) is 0 Å². The lowest BCUT2D eigenvalue weighted by Crippen LogP contribution is -2.51. The van der Waals surface area contributed by atoms with Gasteiger partial charge in [0.25, 0.3) is 0 Å². The second-order valence-electron chi connectivity index (χ2n) is 7.96. The molecular weight excluding hydrogens is 508 g/mol. The minimum Gasteiger partial charge on any atom is -0.356 e. The van der Waals surface area contributed by atoms with Crippen molar-refractivity contribution in [2.45, 2.75) is 56.7 Å². The van der Waals surface area contributed by atoms with Gasteiger partial charge in [-0.1, -0.05) is 31.5 Å². The highest BCUT2D eigenvalue weighted by Crippen LogP contribution is 2.44. The summed E-state index contributed by atoms with van der Waals surface area (Å²) in [6.45, 7) is 3.76. The summed E-state index contributed by atoms with van der Waals surface area (Å²) in [6, 6.07) is 5.80. The Hall–Kier alpha value is -1.52. The minimum atomic E-state index is -4.34. The second kappa shape index (κ2) is 10.2. The highest BCUT2D eigenvalue weighted by atomic mass is 127. The summed E-state index contributed by atoms with van der Waals surface area (Å²) < 4.78 is 39.3. The van der Waals surface area contributed by atoms with Crippen molar-refractivity contribution in [3.8, 4) is 0 Å². The molecule has 1 aliphatic carbocycles. The number of nitrogens with zero attached hydrogens (tertiary/aromatic N) is 2. The van der Waals surface area contributed by atoms with Crippen LogP contribution in [0, 0.1) is 0 Å². The maximum absolute atomic E-state index is 13.1. The molecule has 1 aromatic carbocycles. The summed E-state index contributed by atoms with van der Waals surface area (Å²) >= 11 is 0. The minimum absolute atomic E-state index is 0. The number of carbonyl (C=O) groups is 1. The summed E-state index contributed by atoms with van der Waals surface area (Å²) in [7, 11) is 1.68. The molecule has 3 rings (SSSR count). The number of hydrogen-bond acceptors (Lipinski definition) is 2. The first-order valence-electron chi connectivity index (χ1n) is 10.2. The Balaban J connectivity index is 0.00000320. The number of carbonyl (C=O) groups excluding carboxylic acids is 1. The van der Waals surface area contributed by atoms with Crippen molar-refractivity contribution < 1.29 is 18.0 Å². The van der Waals surface area contributed by atoms with Crippen LogP contribution >= 0.6 is 24.0 Å². The number of nitrogens with one attached hydrogen (secondary N) is 2. The fraction of sp³-hybridized carbons (Fsp3) is 0.619. The Morgan fingerprint density at radius 2 is 2.07 bits per heavy atom. The molecule has 1 heterocycles. The quantitative estimate of drug-likeness (QED) is 0.340. The van der Waals surface area contributed by atoms with Gasteiger partial charge in [0.2, 0.25) is 5.91 Å². The molecule has 1 amide bonds. The molecule has 1 aliphatic heterocycles. The molecule has 0 radical (unpaired) electrons. The van der Waals surface area contributed by atoms with Crippen LogP contribution < -0.4 is 10.6 Å². The molecule has 9 heteroatoms. The zero-order valence-electron chi connectivity index (χ0n) is 17.4. The Labute approximate surface area is 192 Å². The number of amides is 1. The van der Waals surface area contributed by atoms with Gasteiger partial charge in [0.05, 0.1) is 5.56 Å². The summed E-state index contributed by atoms with van der Waals surface area (Å²) in [4.78, 5) is 18.0. The zero-order chi connectivity index (χ0) is 21.1. The van der Waals surface area contributed by atoms with E-state index in [0.29, 0.717) is 25.5 Å². The van der Waals surface area contributed by atoms with Crippen molar-refractivity contribution in [1.29, 1.82) is 0 Å². The SMILES string of the molecule is CCC(=O)N1CCC(NC(=NC)NCC2(c3cccc(C(F)(F)F)c3)CCC2)C1.I. The van der Waals surface area contributed by atoms with Crippen LogP contribution in [0.25, 0.3) is 0 Å². The van der Waals surface area contributed by atoms with Gasteiger partial charge in [0.15, 0.2) is 5.96 Å². The lowest BCUT2D eigenvalue weighted by molar-refractivity contribution is -0.137. The molecule has 0 bridgehead atoms. The van der Waals surface area contributed by atoms with Crippen molar-refractivity contribution in [3.05, 3.63) is 35.4 Å². The van der Waals surface area contributed by atoms with Crippen molar-refractivity contribution in [1.82, 2.24) is 15.5 Å². The van der Waals surface area contributed by atoms with Gasteiger partial charge in [-0.15, -0.1) is 24.0 Å². The maximum atomic E-state index is 13.1. The number of halogens is 4. The molecule has 1 atom stereocenters. The molecular formula is C21H30F3IN4O. The van der Waals surface area contributed by atoms with E-state index in [1.807, 2.05) is 11.8 Å². The van der Waals surface area contributed by atoms with E-state index in [2.05, 4.69) is 15.6 Å². The summed E-state index contributed by atoms with van der Waals surface area (Å²) in [5, 5.41) is 6.66. The number of aliphatic imine (C=N–C) groups is 1. The van der Waals surface area contributed by atoms with Crippen LogP contribution in [0.15, 0.2) is 29.3 Å². The topological polar surface area (TPSA) is 56.7 Å². The molecule has 1 saturated heterocycles. The monoisotopic (exact) mass is 538 g/mol.